The number of aliphatic hydroxyl groups excluding tert-OH is 1. The summed E-state index contributed by atoms with van der Waals surface area (Å²) in [5, 5.41) is 24.6. The Balaban J connectivity index is 1.28. The zero-order valence-corrected chi connectivity index (χ0v) is 26.1. The highest BCUT2D eigenvalue weighted by molar-refractivity contribution is 6.04. The van der Waals surface area contributed by atoms with Gasteiger partial charge in [0.15, 0.2) is 5.84 Å². The molecule has 6 rings (SSSR count). The second-order valence-electron chi connectivity index (χ2n) is 12.4. The van der Waals surface area contributed by atoms with Crippen LogP contribution < -0.4 is 11.0 Å². The van der Waals surface area contributed by atoms with E-state index < -0.39 is 12.0 Å². The van der Waals surface area contributed by atoms with Gasteiger partial charge in [-0.1, -0.05) is 68.8 Å². The Labute approximate surface area is 262 Å². The van der Waals surface area contributed by atoms with E-state index in [9.17, 15) is 15.0 Å². The number of rotatable bonds is 11. The van der Waals surface area contributed by atoms with Gasteiger partial charge in [0, 0.05) is 23.6 Å². The van der Waals surface area contributed by atoms with Crippen LogP contribution in [0.25, 0.3) is 16.9 Å². The van der Waals surface area contributed by atoms with Crippen molar-refractivity contribution in [1.82, 2.24) is 24.6 Å². The number of fused-ring (bicyclic) bond motifs is 1. The fourth-order valence-electron chi connectivity index (χ4n) is 6.29. The van der Waals surface area contributed by atoms with Crippen molar-refractivity contribution in [2.45, 2.75) is 96.3 Å². The van der Waals surface area contributed by atoms with E-state index in [1.54, 1.807) is 6.92 Å². The normalized spacial score (nSPS) is 21.4. The molecule has 0 amide bonds. The number of nitrogens with one attached hydrogen (secondary N) is 1. The van der Waals surface area contributed by atoms with E-state index >= 15 is 0 Å². The van der Waals surface area contributed by atoms with Gasteiger partial charge in [0.25, 0.3) is 12.0 Å². The largest absolute Gasteiger partial charge is 0.388 e. The van der Waals surface area contributed by atoms with Crippen molar-refractivity contribution in [3.05, 3.63) is 87.6 Å². The third-order valence-electron chi connectivity index (χ3n) is 9.04. The van der Waals surface area contributed by atoms with Crippen molar-refractivity contribution < 1.29 is 19.8 Å². The molecule has 2 atom stereocenters. The predicted molar refractivity (Wildman–Crippen MR) is 171 cm³/mol. The number of nitrogens with zero attached hydrogens (tertiary/aromatic N) is 5. The SMILES string of the molecule is CCCc1c(Cc2ccc(-c3ccccc3C3=NC(O)ON3)cc2)c(=O)n(C2CCC(OCC(C)(O)CC)CC2)c2ncnn12. The molecule has 4 aromatic rings. The molecule has 2 unspecified atom stereocenters. The average Bonchev–Trinajstić information content (AvgIpc) is 3.72. The quantitative estimate of drug-likeness (QED) is 0.227. The lowest BCUT2D eigenvalue weighted by atomic mass is 9.92. The number of hydroxylamine groups is 1. The van der Waals surface area contributed by atoms with Crippen LogP contribution in [0.4, 0.5) is 0 Å². The van der Waals surface area contributed by atoms with E-state index in [0.717, 1.165) is 72.0 Å². The molecule has 1 fully saturated rings. The number of aliphatic imine (C=N–C) groups is 1. The topological polar surface area (TPSA) is 136 Å². The third-order valence-corrected chi connectivity index (χ3v) is 9.04. The molecule has 0 radical (unpaired) electrons. The van der Waals surface area contributed by atoms with Crippen molar-refractivity contribution in [2.24, 2.45) is 4.99 Å². The van der Waals surface area contributed by atoms with Crippen LogP contribution >= 0.6 is 0 Å². The van der Waals surface area contributed by atoms with Gasteiger partial charge < -0.3 is 14.9 Å². The molecular weight excluding hydrogens is 572 g/mol. The smallest absolute Gasteiger partial charge is 0.280 e. The lowest BCUT2D eigenvalue weighted by molar-refractivity contribution is -0.102. The Morgan fingerprint density at radius 1 is 1.07 bits per heavy atom. The average molecular weight is 615 g/mol. The fraction of sp³-hybridized carbons (Fsp3) is 0.471. The van der Waals surface area contributed by atoms with E-state index in [1.165, 1.54) is 6.33 Å². The molecule has 2 aliphatic rings. The summed E-state index contributed by atoms with van der Waals surface area (Å²) >= 11 is 0. The molecule has 1 aliphatic carbocycles. The maximum absolute atomic E-state index is 14.3. The van der Waals surface area contributed by atoms with Gasteiger partial charge >= 0.3 is 0 Å². The minimum atomic E-state index is -1.23. The zero-order chi connectivity index (χ0) is 31.6. The summed E-state index contributed by atoms with van der Waals surface area (Å²) in [5.41, 5.74) is 7.29. The van der Waals surface area contributed by atoms with Crippen molar-refractivity contribution >= 4 is 11.6 Å². The zero-order valence-electron chi connectivity index (χ0n) is 26.1. The van der Waals surface area contributed by atoms with Crippen LogP contribution in [0.5, 0.6) is 0 Å². The molecule has 11 heteroatoms. The fourth-order valence-corrected chi connectivity index (χ4v) is 6.29. The molecule has 11 nitrogen and oxygen atoms in total. The summed E-state index contributed by atoms with van der Waals surface area (Å²) in [5.74, 6) is 1.07. The predicted octanol–water partition coefficient (Wildman–Crippen LogP) is 4.32. The monoisotopic (exact) mass is 614 g/mol. The second kappa shape index (κ2) is 13.2. The summed E-state index contributed by atoms with van der Waals surface area (Å²) in [4.78, 5) is 28.0. The molecule has 2 aromatic heterocycles. The van der Waals surface area contributed by atoms with Gasteiger partial charge in [-0.25, -0.2) is 19.8 Å². The molecular formula is C34H42N6O5. The first-order valence-electron chi connectivity index (χ1n) is 15.9. The van der Waals surface area contributed by atoms with Crippen molar-refractivity contribution in [1.29, 1.82) is 0 Å². The van der Waals surface area contributed by atoms with Gasteiger partial charge in [-0.05, 0) is 62.1 Å². The molecule has 238 valence electrons. The van der Waals surface area contributed by atoms with Crippen LogP contribution in [0.2, 0.25) is 0 Å². The number of hydrogen-bond donors (Lipinski definition) is 3. The Hall–Kier alpha value is -3.90. The summed E-state index contributed by atoms with van der Waals surface area (Å²) < 4.78 is 9.78. The van der Waals surface area contributed by atoms with Gasteiger partial charge in [-0.3, -0.25) is 9.36 Å². The minimum Gasteiger partial charge on any atom is -0.388 e. The van der Waals surface area contributed by atoms with Crippen molar-refractivity contribution in [3.63, 3.8) is 0 Å². The van der Waals surface area contributed by atoms with Gasteiger partial charge in [-0.15, -0.1) is 0 Å². The number of aliphatic hydroxyl groups is 2. The number of amidine groups is 1. The minimum absolute atomic E-state index is 0.00125. The van der Waals surface area contributed by atoms with E-state index in [2.05, 4.69) is 39.6 Å². The number of aryl methyl sites for hydroxylation is 1. The van der Waals surface area contributed by atoms with Crippen molar-refractivity contribution in [2.75, 3.05) is 6.61 Å². The maximum Gasteiger partial charge on any atom is 0.280 e. The first-order valence-corrected chi connectivity index (χ1v) is 15.9. The first kappa shape index (κ1) is 31.1. The van der Waals surface area contributed by atoms with Gasteiger partial charge in [0.1, 0.15) is 6.33 Å². The van der Waals surface area contributed by atoms with Crippen LogP contribution in [0, 0.1) is 0 Å². The molecule has 0 saturated heterocycles. The highest BCUT2D eigenvalue weighted by atomic mass is 16.7. The molecule has 1 saturated carbocycles. The van der Waals surface area contributed by atoms with Gasteiger partial charge in [0.2, 0.25) is 5.78 Å². The maximum atomic E-state index is 14.3. The van der Waals surface area contributed by atoms with E-state index in [0.29, 0.717) is 31.1 Å². The highest BCUT2D eigenvalue weighted by Gasteiger charge is 2.29. The molecule has 45 heavy (non-hydrogen) atoms. The highest BCUT2D eigenvalue weighted by Crippen LogP contribution is 2.32. The number of ether oxygens (including phenoxy) is 1. The molecule has 3 heterocycles. The summed E-state index contributed by atoms with van der Waals surface area (Å²) in [6, 6.07) is 16.0. The summed E-state index contributed by atoms with van der Waals surface area (Å²) in [7, 11) is 0. The standard InChI is InChI=1S/C34H42N6O5/c1-4-8-29-28(19-22-11-13-23(14-12-22)26-9-6-7-10-27(26)30-37-33(42)45-38-30)31(41)39(32-35-21-36-40(29)32)24-15-17-25(18-16-24)44-20-34(3,43)5-2/h6-7,9-14,21,24-25,33,42-43H,4-5,8,15-20H2,1-3H3,(H,37,38). The Morgan fingerprint density at radius 3 is 2.47 bits per heavy atom. The summed E-state index contributed by atoms with van der Waals surface area (Å²) in [6.45, 7) is 6.18. The Bertz CT molecular complexity index is 1720. The lowest BCUT2D eigenvalue weighted by Gasteiger charge is -2.32. The molecule has 2 aromatic carbocycles. The third kappa shape index (κ3) is 6.57. The van der Waals surface area contributed by atoms with Crippen LogP contribution in [-0.2, 0) is 22.4 Å². The number of hydrogen-bond acceptors (Lipinski definition) is 9. The van der Waals surface area contributed by atoms with Crippen LogP contribution in [-0.4, -0.2) is 59.9 Å². The number of benzene rings is 2. The van der Waals surface area contributed by atoms with E-state index in [1.807, 2.05) is 52.4 Å². The molecule has 3 N–H and O–H groups in total. The first-order chi connectivity index (χ1) is 21.8. The van der Waals surface area contributed by atoms with Crippen LogP contribution in [0.15, 0.2) is 64.6 Å². The van der Waals surface area contributed by atoms with Crippen LogP contribution in [0.3, 0.4) is 0 Å². The van der Waals surface area contributed by atoms with E-state index in [4.69, 9.17) is 9.57 Å². The van der Waals surface area contributed by atoms with Crippen LogP contribution in [0.1, 0.15) is 87.7 Å². The Kier molecular flexibility index (Phi) is 9.14. The van der Waals surface area contributed by atoms with Crippen molar-refractivity contribution in [3.8, 4) is 11.1 Å². The molecule has 1 aliphatic heterocycles. The van der Waals surface area contributed by atoms with E-state index in [-0.39, 0.29) is 17.7 Å². The number of aromatic nitrogens is 4. The molecule has 0 bridgehead atoms. The van der Waals surface area contributed by atoms with Gasteiger partial charge in [-0.2, -0.15) is 10.1 Å². The second-order valence-corrected chi connectivity index (χ2v) is 12.4. The molecule has 0 spiro atoms. The van der Waals surface area contributed by atoms with Gasteiger partial charge in [0.05, 0.1) is 24.0 Å². The lowest BCUT2D eigenvalue weighted by Crippen LogP contribution is -2.36. The Morgan fingerprint density at radius 2 is 1.80 bits per heavy atom. The summed E-state index contributed by atoms with van der Waals surface area (Å²) in [6.07, 6.45) is 6.32.